The van der Waals surface area contributed by atoms with Crippen molar-refractivity contribution >= 4 is 18.0 Å². The SMILES string of the molecule is CC(C)(C)OC(=O)CC[C@H](NC(=O)N[C@@H](CCCCn1cc(COCCOCCOCCOCCOCCOCCOCCOCCN)nn1)C(C)(C)C)C(=O)OC(C)(C)C. The van der Waals surface area contributed by atoms with E-state index in [4.69, 9.17) is 53.1 Å². The Morgan fingerprint density at radius 2 is 1.08 bits per heavy atom. The molecule has 0 saturated heterocycles. The number of nitrogens with two attached hydrogens (primary N) is 1. The number of ether oxygens (including phenoxy) is 10. The van der Waals surface area contributed by atoms with Gasteiger partial charge in [0, 0.05) is 25.6 Å². The van der Waals surface area contributed by atoms with Crippen molar-refractivity contribution < 1.29 is 61.8 Å². The van der Waals surface area contributed by atoms with Crippen molar-refractivity contribution in [2.24, 2.45) is 11.1 Å². The molecule has 0 radical (unpaired) electrons. The first kappa shape index (κ1) is 56.0. The molecule has 19 nitrogen and oxygen atoms in total. The van der Waals surface area contributed by atoms with Crippen LogP contribution in [0, 0.1) is 5.41 Å². The summed E-state index contributed by atoms with van der Waals surface area (Å²) in [7, 11) is 0. The lowest BCUT2D eigenvalue weighted by atomic mass is 9.84. The molecule has 356 valence electrons. The number of unbranched alkanes of at least 4 members (excludes halogenated alkanes) is 1. The second-order valence-corrected chi connectivity index (χ2v) is 17.3. The molecule has 0 spiro atoms. The van der Waals surface area contributed by atoms with Gasteiger partial charge >= 0.3 is 18.0 Å². The van der Waals surface area contributed by atoms with Gasteiger partial charge in [-0.2, -0.15) is 0 Å². The Hall–Kier alpha value is -3.01. The minimum absolute atomic E-state index is 0.0476. The first-order valence-electron chi connectivity index (χ1n) is 21.6. The quantitative estimate of drug-likeness (QED) is 0.0647. The van der Waals surface area contributed by atoms with Crippen LogP contribution in [0.4, 0.5) is 4.79 Å². The number of esters is 2. The molecule has 0 saturated carbocycles. The fourth-order valence-corrected chi connectivity index (χ4v) is 5.29. The molecule has 1 aromatic heterocycles. The number of nitrogens with one attached hydrogen (secondary N) is 2. The Kier molecular flexibility index (Phi) is 30.0. The van der Waals surface area contributed by atoms with Gasteiger partial charge in [-0.05, 0) is 72.6 Å². The second kappa shape index (κ2) is 32.6. The van der Waals surface area contributed by atoms with Crippen molar-refractivity contribution in [1.29, 1.82) is 0 Å². The van der Waals surface area contributed by atoms with Crippen LogP contribution >= 0.6 is 0 Å². The van der Waals surface area contributed by atoms with E-state index >= 15 is 0 Å². The normalized spacial score (nSPS) is 13.2. The highest BCUT2D eigenvalue weighted by Crippen LogP contribution is 2.24. The highest BCUT2D eigenvalue weighted by Gasteiger charge is 2.31. The monoisotopic (exact) mass is 877 g/mol. The van der Waals surface area contributed by atoms with E-state index in [-0.39, 0.29) is 24.3 Å². The summed E-state index contributed by atoms with van der Waals surface area (Å²) in [5.74, 6) is -1.07. The van der Waals surface area contributed by atoms with Crippen LogP contribution in [0.1, 0.15) is 100 Å². The van der Waals surface area contributed by atoms with Gasteiger partial charge in [0.2, 0.25) is 0 Å². The highest BCUT2D eigenvalue weighted by atomic mass is 16.6. The van der Waals surface area contributed by atoms with Crippen LogP contribution in [0.25, 0.3) is 0 Å². The van der Waals surface area contributed by atoms with E-state index < -0.39 is 35.2 Å². The third-order valence-corrected chi connectivity index (χ3v) is 8.24. The van der Waals surface area contributed by atoms with Crippen molar-refractivity contribution in [3.8, 4) is 0 Å². The number of nitrogens with zero attached hydrogens (tertiary/aromatic N) is 3. The number of aromatic nitrogens is 3. The molecular weight excluding hydrogens is 796 g/mol. The standard InChI is InChI=1S/C42H80N6O13/c1-40(2,3)36(45-39(51)44-35(38(50)61-42(7,8)9)13-14-37(49)60-41(4,5)6)12-10-11-16-48-32-34(46-47-48)33-59-31-30-58-29-28-57-27-26-56-25-24-55-23-22-54-21-20-53-19-18-52-17-15-43/h32,35-36H,10-31,33,43H2,1-9H3,(H2,44,45,51)/t35-,36-/m0/s1. The van der Waals surface area contributed by atoms with Gasteiger partial charge in [-0.25, -0.2) is 9.59 Å². The molecule has 2 amide bonds. The minimum atomic E-state index is -1.02. The zero-order chi connectivity index (χ0) is 45.4. The van der Waals surface area contributed by atoms with Gasteiger partial charge in [-0.1, -0.05) is 26.0 Å². The van der Waals surface area contributed by atoms with Crippen LogP contribution in [-0.4, -0.2) is 162 Å². The van der Waals surface area contributed by atoms with Gasteiger partial charge < -0.3 is 63.7 Å². The lowest BCUT2D eigenvalue weighted by Crippen LogP contribution is -2.53. The molecule has 0 bridgehead atoms. The zero-order valence-corrected chi connectivity index (χ0v) is 38.7. The van der Waals surface area contributed by atoms with Crippen LogP contribution in [0.3, 0.4) is 0 Å². The Bertz CT molecular complexity index is 1280. The lowest BCUT2D eigenvalue weighted by molar-refractivity contribution is -0.158. The topological polar surface area (TPSA) is 224 Å². The molecule has 0 aromatic carbocycles. The molecule has 1 aromatic rings. The molecule has 0 aliphatic rings. The van der Waals surface area contributed by atoms with E-state index in [9.17, 15) is 14.4 Å². The molecule has 2 atom stereocenters. The van der Waals surface area contributed by atoms with Gasteiger partial charge in [0.05, 0.1) is 112 Å². The number of urea groups is 1. The van der Waals surface area contributed by atoms with Crippen molar-refractivity contribution in [1.82, 2.24) is 25.6 Å². The molecule has 61 heavy (non-hydrogen) atoms. The maximum Gasteiger partial charge on any atom is 0.329 e. The number of carbonyl (C=O) groups excluding carboxylic acids is 3. The van der Waals surface area contributed by atoms with Gasteiger partial charge in [-0.15, -0.1) is 5.10 Å². The van der Waals surface area contributed by atoms with E-state index in [0.29, 0.717) is 125 Å². The predicted molar refractivity (Wildman–Crippen MR) is 228 cm³/mol. The second-order valence-electron chi connectivity index (χ2n) is 17.3. The summed E-state index contributed by atoms with van der Waals surface area (Å²) in [6.45, 7) is 25.5. The van der Waals surface area contributed by atoms with E-state index in [2.05, 4.69) is 41.7 Å². The Morgan fingerprint density at radius 1 is 0.623 bits per heavy atom. The van der Waals surface area contributed by atoms with Gasteiger partial charge in [-0.3, -0.25) is 9.48 Å². The summed E-state index contributed by atoms with van der Waals surface area (Å²) in [4.78, 5) is 38.5. The summed E-state index contributed by atoms with van der Waals surface area (Å²) in [6, 6.07) is -1.71. The largest absolute Gasteiger partial charge is 0.460 e. The number of carbonyl (C=O) groups is 3. The number of aryl methyl sites for hydroxylation is 1. The van der Waals surface area contributed by atoms with E-state index in [1.54, 1.807) is 46.2 Å². The fourth-order valence-electron chi connectivity index (χ4n) is 5.29. The summed E-state index contributed by atoms with van der Waals surface area (Å²) in [6.07, 6.45) is 4.19. The van der Waals surface area contributed by atoms with Crippen molar-refractivity contribution in [3.63, 3.8) is 0 Å². The number of rotatable bonds is 36. The van der Waals surface area contributed by atoms with Crippen LogP contribution in [0.15, 0.2) is 6.20 Å². The smallest absolute Gasteiger partial charge is 0.329 e. The maximum atomic E-state index is 13.2. The summed E-state index contributed by atoms with van der Waals surface area (Å²) in [5, 5.41) is 14.2. The Balaban J connectivity index is 2.19. The van der Waals surface area contributed by atoms with Gasteiger partial charge in [0.25, 0.3) is 0 Å². The lowest BCUT2D eigenvalue weighted by Gasteiger charge is -2.32. The van der Waals surface area contributed by atoms with Crippen LogP contribution in [0.5, 0.6) is 0 Å². The molecule has 0 aliphatic heterocycles. The van der Waals surface area contributed by atoms with Gasteiger partial charge in [0.1, 0.15) is 22.9 Å². The molecule has 0 unspecified atom stereocenters. The highest BCUT2D eigenvalue weighted by molar-refractivity contribution is 5.84. The maximum absolute atomic E-state index is 13.2. The predicted octanol–water partition coefficient (Wildman–Crippen LogP) is 3.59. The van der Waals surface area contributed by atoms with E-state index in [0.717, 1.165) is 18.5 Å². The van der Waals surface area contributed by atoms with Crippen molar-refractivity contribution in [2.75, 3.05) is 106 Å². The van der Waals surface area contributed by atoms with Crippen LogP contribution in [-0.2, 0) is 70.1 Å². The average molecular weight is 877 g/mol. The fraction of sp³-hybridized carbons (Fsp3) is 0.881. The average Bonchev–Trinajstić information content (AvgIpc) is 3.61. The number of hydrogen-bond acceptors (Lipinski definition) is 16. The molecule has 1 rings (SSSR count). The van der Waals surface area contributed by atoms with Crippen LogP contribution in [0.2, 0.25) is 0 Å². The summed E-state index contributed by atoms with van der Waals surface area (Å²) in [5.41, 5.74) is 4.39. The van der Waals surface area contributed by atoms with Crippen LogP contribution < -0.4 is 16.4 Å². The summed E-state index contributed by atoms with van der Waals surface area (Å²) >= 11 is 0. The molecule has 0 fully saturated rings. The third kappa shape index (κ3) is 33.3. The summed E-state index contributed by atoms with van der Waals surface area (Å²) < 4.78 is 56.5. The first-order chi connectivity index (χ1) is 28.9. The van der Waals surface area contributed by atoms with Crippen molar-refractivity contribution in [2.45, 2.75) is 131 Å². The number of hydrogen-bond donors (Lipinski definition) is 3. The molecule has 4 N–H and O–H groups in total. The number of amides is 2. The Labute approximate surface area is 364 Å². The molecule has 19 heteroatoms. The van der Waals surface area contributed by atoms with E-state index in [1.807, 2.05) is 6.20 Å². The van der Waals surface area contributed by atoms with Gasteiger partial charge in [0.15, 0.2) is 0 Å². The Morgan fingerprint density at radius 3 is 1.52 bits per heavy atom. The molecule has 0 aliphatic carbocycles. The first-order valence-corrected chi connectivity index (χ1v) is 21.6. The minimum Gasteiger partial charge on any atom is -0.460 e. The molecule has 1 heterocycles. The van der Waals surface area contributed by atoms with Crippen molar-refractivity contribution in [3.05, 3.63) is 11.9 Å². The third-order valence-electron chi connectivity index (χ3n) is 8.24. The molecular formula is C42H80N6O13. The van der Waals surface area contributed by atoms with E-state index in [1.165, 1.54) is 0 Å². The zero-order valence-electron chi connectivity index (χ0n) is 38.7.